The summed E-state index contributed by atoms with van der Waals surface area (Å²) in [5, 5.41) is 10.6. The van der Waals surface area contributed by atoms with Crippen LogP contribution in [0.5, 0.6) is 0 Å². The van der Waals surface area contributed by atoms with Crippen LogP contribution in [0.15, 0.2) is 51.0 Å². The summed E-state index contributed by atoms with van der Waals surface area (Å²) in [6.07, 6.45) is 0. The zero-order valence-corrected chi connectivity index (χ0v) is 16.5. The molecule has 0 aliphatic carbocycles. The van der Waals surface area contributed by atoms with E-state index in [-0.39, 0.29) is 11.4 Å². The molecule has 0 aliphatic rings. The second-order valence-electron chi connectivity index (χ2n) is 5.45. The first-order valence-electron chi connectivity index (χ1n) is 8.08. The van der Waals surface area contributed by atoms with Crippen LogP contribution in [0.1, 0.15) is 11.1 Å². The number of hydrogen-bond acceptors (Lipinski definition) is 5. The van der Waals surface area contributed by atoms with E-state index in [2.05, 4.69) is 31.8 Å². The molecule has 3 N–H and O–H groups in total. The minimum absolute atomic E-state index is 0.234. The van der Waals surface area contributed by atoms with E-state index in [0.29, 0.717) is 25.7 Å². The van der Waals surface area contributed by atoms with Gasteiger partial charge in [0, 0.05) is 33.8 Å². The molecule has 1 aromatic heterocycles. The molecule has 0 amide bonds. The highest BCUT2D eigenvalue weighted by Gasteiger charge is 2.12. The quantitative estimate of drug-likeness (QED) is 0.340. The standard InChI is InChI=1S/C17H24N4O3S2/c1-18-17(20-12-15-7-10-25-13-15)19-11-14-3-5-16(6-4-14)26(22,23)21-8-9-24-2/h3-7,10,13,21H,8-9,11-12H2,1-2H3,(H2,18,19,20). The van der Waals surface area contributed by atoms with Crippen molar-refractivity contribution in [1.82, 2.24) is 15.4 Å². The van der Waals surface area contributed by atoms with E-state index in [1.54, 1.807) is 42.6 Å². The minimum atomic E-state index is -3.50. The Morgan fingerprint density at radius 2 is 1.81 bits per heavy atom. The molecule has 7 nitrogen and oxygen atoms in total. The van der Waals surface area contributed by atoms with E-state index in [4.69, 9.17) is 4.74 Å². The van der Waals surface area contributed by atoms with Crippen LogP contribution in [0.4, 0.5) is 0 Å². The second-order valence-corrected chi connectivity index (χ2v) is 7.99. The lowest BCUT2D eigenvalue weighted by atomic mass is 10.2. The average Bonchev–Trinajstić information content (AvgIpc) is 3.16. The molecule has 0 atom stereocenters. The molecular formula is C17H24N4O3S2. The number of nitrogens with one attached hydrogen (secondary N) is 3. The molecule has 1 aromatic carbocycles. The Kier molecular flexibility index (Phi) is 8.05. The van der Waals surface area contributed by atoms with Crippen molar-refractivity contribution in [3.63, 3.8) is 0 Å². The molecule has 0 unspecified atom stereocenters. The smallest absolute Gasteiger partial charge is 0.240 e. The highest BCUT2D eigenvalue weighted by Crippen LogP contribution is 2.10. The lowest BCUT2D eigenvalue weighted by Gasteiger charge is -2.12. The van der Waals surface area contributed by atoms with Crippen molar-refractivity contribution in [1.29, 1.82) is 0 Å². The fourth-order valence-corrected chi connectivity index (χ4v) is 3.82. The SMILES string of the molecule is CN=C(NCc1ccc(S(=O)(=O)NCCOC)cc1)NCc1ccsc1. The summed E-state index contributed by atoms with van der Waals surface area (Å²) in [5.74, 6) is 0.689. The van der Waals surface area contributed by atoms with Gasteiger partial charge in [-0.05, 0) is 40.1 Å². The predicted octanol–water partition coefficient (Wildman–Crippen LogP) is 1.54. The fourth-order valence-electron chi connectivity index (χ4n) is 2.13. The van der Waals surface area contributed by atoms with Crippen LogP contribution < -0.4 is 15.4 Å². The number of aliphatic imine (C=N–C) groups is 1. The summed E-state index contributed by atoms with van der Waals surface area (Å²) in [6, 6.07) is 8.81. The van der Waals surface area contributed by atoms with E-state index >= 15 is 0 Å². The van der Waals surface area contributed by atoms with E-state index in [1.807, 2.05) is 5.38 Å². The zero-order valence-electron chi connectivity index (χ0n) is 14.9. The summed E-state index contributed by atoms with van der Waals surface area (Å²) in [5.41, 5.74) is 2.16. The Labute approximate surface area is 158 Å². The fraction of sp³-hybridized carbons (Fsp3) is 0.353. The van der Waals surface area contributed by atoms with Gasteiger partial charge in [0.05, 0.1) is 11.5 Å². The maximum atomic E-state index is 12.1. The van der Waals surface area contributed by atoms with Crippen LogP contribution >= 0.6 is 11.3 Å². The number of sulfonamides is 1. The summed E-state index contributed by atoms with van der Waals surface area (Å²) in [4.78, 5) is 4.41. The van der Waals surface area contributed by atoms with Crippen molar-refractivity contribution >= 4 is 27.3 Å². The Hall–Kier alpha value is -1.94. The average molecular weight is 397 g/mol. The van der Waals surface area contributed by atoms with Gasteiger partial charge in [-0.3, -0.25) is 4.99 Å². The third kappa shape index (κ3) is 6.41. The highest BCUT2D eigenvalue weighted by molar-refractivity contribution is 7.89. The minimum Gasteiger partial charge on any atom is -0.383 e. The van der Waals surface area contributed by atoms with Gasteiger partial charge in [-0.1, -0.05) is 12.1 Å². The third-order valence-corrected chi connectivity index (χ3v) is 5.76. The van der Waals surface area contributed by atoms with Gasteiger partial charge in [0.1, 0.15) is 0 Å². The van der Waals surface area contributed by atoms with Crippen molar-refractivity contribution in [2.24, 2.45) is 4.99 Å². The number of methoxy groups -OCH3 is 1. The van der Waals surface area contributed by atoms with Gasteiger partial charge in [0.25, 0.3) is 0 Å². The Bertz CT molecular complexity index is 788. The second kappa shape index (κ2) is 10.3. The molecule has 2 rings (SSSR count). The van der Waals surface area contributed by atoms with E-state index < -0.39 is 10.0 Å². The summed E-state index contributed by atoms with van der Waals surface area (Å²) < 4.78 is 31.6. The molecule has 0 spiro atoms. The van der Waals surface area contributed by atoms with Gasteiger partial charge < -0.3 is 15.4 Å². The van der Waals surface area contributed by atoms with Gasteiger partial charge in [-0.15, -0.1) is 0 Å². The first-order valence-corrected chi connectivity index (χ1v) is 10.5. The number of hydrogen-bond donors (Lipinski definition) is 3. The molecule has 2 aromatic rings. The number of rotatable bonds is 9. The van der Waals surface area contributed by atoms with Crippen molar-refractivity contribution < 1.29 is 13.2 Å². The molecule has 0 radical (unpaired) electrons. The molecule has 0 fully saturated rings. The first kappa shape index (κ1) is 20.4. The zero-order chi connectivity index (χ0) is 18.8. The van der Waals surface area contributed by atoms with Crippen LogP contribution in [0.2, 0.25) is 0 Å². The van der Waals surface area contributed by atoms with Crippen molar-refractivity contribution in [3.8, 4) is 0 Å². The number of guanidine groups is 1. The lowest BCUT2D eigenvalue weighted by Crippen LogP contribution is -2.36. The third-order valence-electron chi connectivity index (χ3n) is 3.56. The first-order chi connectivity index (χ1) is 12.5. The van der Waals surface area contributed by atoms with E-state index in [9.17, 15) is 8.42 Å². The topological polar surface area (TPSA) is 91.8 Å². The van der Waals surface area contributed by atoms with Crippen molar-refractivity contribution in [2.75, 3.05) is 27.3 Å². The number of nitrogens with zero attached hydrogens (tertiary/aromatic N) is 1. The molecular weight excluding hydrogens is 372 g/mol. The maximum absolute atomic E-state index is 12.1. The Balaban J connectivity index is 1.86. The normalized spacial score (nSPS) is 12.2. The van der Waals surface area contributed by atoms with Gasteiger partial charge in [-0.2, -0.15) is 11.3 Å². The predicted molar refractivity (Wildman–Crippen MR) is 105 cm³/mol. The molecule has 0 saturated carbocycles. The molecule has 0 aliphatic heterocycles. The molecule has 142 valence electrons. The molecule has 0 bridgehead atoms. The van der Waals surface area contributed by atoms with Gasteiger partial charge in [-0.25, -0.2) is 13.1 Å². The Morgan fingerprint density at radius 1 is 1.12 bits per heavy atom. The van der Waals surface area contributed by atoms with Crippen LogP contribution in [0.25, 0.3) is 0 Å². The molecule has 9 heteroatoms. The molecule has 26 heavy (non-hydrogen) atoms. The van der Waals surface area contributed by atoms with Gasteiger partial charge in [0.15, 0.2) is 5.96 Å². The van der Waals surface area contributed by atoms with E-state index in [1.165, 1.54) is 12.7 Å². The number of ether oxygens (including phenoxy) is 1. The number of benzene rings is 1. The summed E-state index contributed by atoms with van der Waals surface area (Å²) >= 11 is 1.66. The lowest BCUT2D eigenvalue weighted by molar-refractivity contribution is 0.204. The molecule has 0 saturated heterocycles. The van der Waals surface area contributed by atoms with Crippen LogP contribution in [-0.2, 0) is 27.8 Å². The monoisotopic (exact) mass is 396 g/mol. The Morgan fingerprint density at radius 3 is 2.38 bits per heavy atom. The van der Waals surface area contributed by atoms with Crippen molar-refractivity contribution in [3.05, 3.63) is 52.2 Å². The van der Waals surface area contributed by atoms with Crippen molar-refractivity contribution in [2.45, 2.75) is 18.0 Å². The largest absolute Gasteiger partial charge is 0.383 e. The van der Waals surface area contributed by atoms with Crippen LogP contribution in [0.3, 0.4) is 0 Å². The van der Waals surface area contributed by atoms with Crippen LogP contribution in [0, 0.1) is 0 Å². The summed E-state index contributed by atoms with van der Waals surface area (Å²) in [7, 11) is -0.265. The van der Waals surface area contributed by atoms with Gasteiger partial charge >= 0.3 is 0 Å². The van der Waals surface area contributed by atoms with E-state index in [0.717, 1.165) is 5.56 Å². The maximum Gasteiger partial charge on any atom is 0.240 e. The highest BCUT2D eigenvalue weighted by atomic mass is 32.2. The number of thiophene rings is 1. The van der Waals surface area contributed by atoms with Gasteiger partial charge in [0.2, 0.25) is 10.0 Å². The summed E-state index contributed by atoms with van der Waals surface area (Å²) in [6.45, 7) is 1.82. The van der Waals surface area contributed by atoms with Crippen LogP contribution in [-0.4, -0.2) is 41.7 Å². The molecule has 1 heterocycles.